The molecule has 6 rings (SSSR count). The van der Waals surface area contributed by atoms with E-state index >= 15 is 0 Å². The van der Waals surface area contributed by atoms with Gasteiger partial charge in [-0.15, -0.1) is 0 Å². The summed E-state index contributed by atoms with van der Waals surface area (Å²) in [5.41, 5.74) is 11.8. The predicted octanol–water partition coefficient (Wildman–Crippen LogP) is 8.03. The Labute approximate surface area is 179 Å². The molecule has 1 unspecified atom stereocenters. The molecule has 0 nitrogen and oxygen atoms in total. The fourth-order valence-electron chi connectivity index (χ4n) is 6.06. The van der Waals surface area contributed by atoms with Gasteiger partial charge >= 0.3 is 0 Å². The van der Waals surface area contributed by atoms with Crippen LogP contribution in [0.5, 0.6) is 0 Å². The molecule has 0 aromatic heterocycles. The molecule has 2 aliphatic carbocycles. The highest BCUT2D eigenvalue weighted by atomic mass is 14.4. The van der Waals surface area contributed by atoms with Crippen LogP contribution in [-0.4, -0.2) is 0 Å². The molecule has 0 spiro atoms. The van der Waals surface area contributed by atoms with Gasteiger partial charge in [-0.25, -0.2) is 0 Å². The van der Waals surface area contributed by atoms with Crippen LogP contribution in [0.4, 0.5) is 0 Å². The van der Waals surface area contributed by atoms with Gasteiger partial charge < -0.3 is 0 Å². The van der Waals surface area contributed by atoms with Crippen LogP contribution in [0.2, 0.25) is 0 Å². The smallest absolute Gasteiger partial charge is 0.0130 e. The van der Waals surface area contributed by atoms with Gasteiger partial charge in [0.2, 0.25) is 0 Å². The highest BCUT2D eigenvalue weighted by Gasteiger charge is 2.37. The summed E-state index contributed by atoms with van der Waals surface area (Å²) in [6, 6.07) is 36.2. The largest absolute Gasteiger partial charge is 0.0651 e. The van der Waals surface area contributed by atoms with Crippen molar-refractivity contribution < 1.29 is 0 Å². The molecule has 146 valence electrons. The van der Waals surface area contributed by atoms with Crippen molar-refractivity contribution in [2.24, 2.45) is 5.92 Å². The van der Waals surface area contributed by atoms with Crippen LogP contribution in [0.1, 0.15) is 53.9 Å². The number of rotatable bonds is 4. The van der Waals surface area contributed by atoms with Gasteiger partial charge in [0.25, 0.3) is 0 Å². The standard InChI is InChI=1S/C30H26/c1-2-20(30-27-17-9-7-13-23(27)24-14-8-10-18-28(24)30)19-29-25-15-5-3-11-21(25)22-12-4-6-16-26(22)29/h3-18,20,29-30H,2,19H2,1H3. The van der Waals surface area contributed by atoms with Crippen molar-refractivity contribution in [3.63, 3.8) is 0 Å². The van der Waals surface area contributed by atoms with Crippen LogP contribution in [-0.2, 0) is 0 Å². The molecular weight excluding hydrogens is 360 g/mol. The van der Waals surface area contributed by atoms with Crippen LogP contribution >= 0.6 is 0 Å². The minimum atomic E-state index is 0.488. The van der Waals surface area contributed by atoms with Crippen molar-refractivity contribution in [2.75, 3.05) is 0 Å². The molecule has 0 aliphatic heterocycles. The fraction of sp³-hybridized carbons (Fsp3) is 0.200. The van der Waals surface area contributed by atoms with Gasteiger partial charge in [0.15, 0.2) is 0 Å². The zero-order chi connectivity index (χ0) is 20.1. The average molecular weight is 387 g/mol. The normalized spacial score (nSPS) is 15.4. The molecule has 0 N–H and O–H groups in total. The Morgan fingerprint density at radius 2 is 0.900 bits per heavy atom. The van der Waals surface area contributed by atoms with Gasteiger partial charge in [-0.2, -0.15) is 0 Å². The first kappa shape index (κ1) is 17.7. The molecular formula is C30H26. The maximum atomic E-state index is 2.38. The first-order valence-electron chi connectivity index (χ1n) is 11.2. The van der Waals surface area contributed by atoms with Gasteiger partial charge in [-0.3, -0.25) is 0 Å². The Morgan fingerprint density at radius 1 is 0.533 bits per heavy atom. The molecule has 4 aromatic rings. The van der Waals surface area contributed by atoms with E-state index in [9.17, 15) is 0 Å². The van der Waals surface area contributed by atoms with E-state index in [0.717, 1.165) is 0 Å². The fourth-order valence-corrected chi connectivity index (χ4v) is 6.06. The van der Waals surface area contributed by atoms with Crippen LogP contribution in [0, 0.1) is 5.92 Å². The van der Waals surface area contributed by atoms with Crippen molar-refractivity contribution >= 4 is 0 Å². The molecule has 0 heterocycles. The van der Waals surface area contributed by atoms with E-state index in [4.69, 9.17) is 0 Å². The van der Waals surface area contributed by atoms with Crippen molar-refractivity contribution in [3.05, 3.63) is 119 Å². The van der Waals surface area contributed by atoms with Gasteiger partial charge in [0.05, 0.1) is 0 Å². The van der Waals surface area contributed by atoms with Crippen LogP contribution < -0.4 is 0 Å². The van der Waals surface area contributed by atoms with E-state index in [2.05, 4.69) is 104 Å². The van der Waals surface area contributed by atoms with Crippen LogP contribution in [0.3, 0.4) is 0 Å². The van der Waals surface area contributed by atoms with Gasteiger partial charge in [-0.1, -0.05) is 110 Å². The number of fused-ring (bicyclic) bond motifs is 6. The van der Waals surface area contributed by atoms with Crippen LogP contribution in [0.15, 0.2) is 97.1 Å². The maximum absolute atomic E-state index is 2.38. The maximum Gasteiger partial charge on any atom is 0.0130 e. The van der Waals surface area contributed by atoms with E-state index in [0.29, 0.717) is 17.8 Å². The summed E-state index contributed by atoms with van der Waals surface area (Å²) in [7, 11) is 0. The molecule has 0 amide bonds. The second kappa shape index (κ2) is 6.99. The lowest BCUT2D eigenvalue weighted by molar-refractivity contribution is 0.407. The number of hydrogen-bond acceptors (Lipinski definition) is 0. The predicted molar refractivity (Wildman–Crippen MR) is 126 cm³/mol. The van der Waals surface area contributed by atoms with Crippen molar-refractivity contribution in [3.8, 4) is 22.3 Å². The average Bonchev–Trinajstić information content (AvgIpc) is 3.31. The van der Waals surface area contributed by atoms with Crippen LogP contribution in [0.25, 0.3) is 22.3 Å². The van der Waals surface area contributed by atoms with Gasteiger partial charge in [-0.05, 0) is 56.8 Å². The summed E-state index contributed by atoms with van der Waals surface area (Å²) in [5, 5.41) is 0. The number of benzene rings is 4. The zero-order valence-corrected chi connectivity index (χ0v) is 17.4. The second-order valence-electron chi connectivity index (χ2n) is 8.78. The highest BCUT2D eigenvalue weighted by molar-refractivity contribution is 5.80. The van der Waals surface area contributed by atoms with E-state index in [1.54, 1.807) is 0 Å². The minimum absolute atomic E-state index is 0.488. The molecule has 0 bridgehead atoms. The molecule has 0 saturated carbocycles. The Kier molecular flexibility index (Phi) is 4.13. The second-order valence-corrected chi connectivity index (χ2v) is 8.78. The summed E-state index contributed by atoms with van der Waals surface area (Å²) < 4.78 is 0. The van der Waals surface area contributed by atoms with Crippen molar-refractivity contribution in [2.45, 2.75) is 31.6 Å². The first-order valence-corrected chi connectivity index (χ1v) is 11.2. The molecule has 0 heteroatoms. The lowest BCUT2D eigenvalue weighted by Gasteiger charge is -2.28. The third-order valence-corrected chi connectivity index (χ3v) is 7.38. The lowest BCUT2D eigenvalue weighted by Crippen LogP contribution is -2.15. The lowest BCUT2D eigenvalue weighted by atomic mass is 9.75. The van der Waals surface area contributed by atoms with E-state index in [1.165, 1.54) is 57.3 Å². The van der Waals surface area contributed by atoms with E-state index in [-0.39, 0.29) is 0 Å². The Morgan fingerprint density at radius 3 is 1.33 bits per heavy atom. The summed E-state index contributed by atoms with van der Waals surface area (Å²) in [5.74, 6) is 1.59. The van der Waals surface area contributed by atoms with E-state index in [1.807, 2.05) is 0 Å². The highest BCUT2D eigenvalue weighted by Crippen LogP contribution is 2.54. The Hall–Kier alpha value is -3.12. The molecule has 0 radical (unpaired) electrons. The topological polar surface area (TPSA) is 0 Å². The van der Waals surface area contributed by atoms with Crippen molar-refractivity contribution in [1.29, 1.82) is 0 Å². The molecule has 0 saturated heterocycles. The molecule has 0 fully saturated rings. The monoisotopic (exact) mass is 386 g/mol. The van der Waals surface area contributed by atoms with Crippen molar-refractivity contribution in [1.82, 2.24) is 0 Å². The van der Waals surface area contributed by atoms with Gasteiger partial charge in [0.1, 0.15) is 0 Å². The summed E-state index contributed by atoms with van der Waals surface area (Å²) >= 11 is 0. The van der Waals surface area contributed by atoms with E-state index < -0.39 is 0 Å². The SMILES string of the molecule is CCC(CC1c2ccccc2-c2ccccc21)C1c2ccccc2-c2ccccc21. The molecule has 4 aromatic carbocycles. The molecule has 1 atom stereocenters. The summed E-state index contributed by atoms with van der Waals surface area (Å²) in [4.78, 5) is 0. The first-order chi connectivity index (χ1) is 14.9. The van der Waals surface area contributed by atoms with Gasteiger partial charge in [0, 0.05) is 11.8 Å². The zero-order valence-electron chi connectivity index (χ0n) is 17.4. The number of hydrogen-bond donors (Lipinski definition) is 0. The molecule has 30 heavy (non-hydrogen) atoms. The Bertz CT molecular complexity index is 1140. The third kappa shape index (κ3) is 2.53. The molecule has 2 aliphatic rings. The minimum Gasteiger partial charge on any atom is -0.0651 e. The summed E-state index contributed by atoms with van der Waals surface area (Å²) in [6.07, 6.45) is 2.38. The summed E-state index contributed by atoms with van der Waals surface area (Å²) in [6.45, 7) is 2.38. The quantitative estimate of drug-likeness (QED) is 0.333. The third-order valence-electron chi connectivity index (χ3n) is 7.38. The Balaban J connectivity index is 1.45.